The van der Waals surface area contributed by atoms with E-state index in [1.165, 1.54) is 20.3 Å². The van der Waals surface area contributed by atoms with E-state index < -0.39 is 4.92 Å². The third kappa shape index (κ3) is 4.11. The first-order valence-corrected chi connectivity index (χ1v) is 6.10. The molecule has 0 amide bonds. The zero-order valence-electron chi connectivity index (χ0n) is 11.8. The molecular formula is C13H18N2O5. The van der Waals surface area contributed by atoms with E-state index in [2.05, 4.69) is 4.74 Å². The molecule has 7 heteroatoms. The molecule has 110 valence electrons. The molecule has 0 heterocycles. The Balaban J connectivity index is 2.81. The molecule has 0 atom stereocenters. The van der Waals surface area contributed by atoms with Gasteiger partial charge in [-0.3, -0.25) is 14.9 Å². The van der Waals surface area contributed by atoms with E-state index >= 15 is 0 Å². The third-order valence-corrected chi connectivity index (χ3v) is 2.89. The first-order chi connectivity index (χ1) is 9.49. The maximum Gasteiger partial charge on any atom is 0.305 e. The van der Waals surface area contributed by atoms with Crippen LogP contribution in [-0.2, 0) is 9.53 Å². The molecule has 0 aromatic heterocycles. The molecule has 0 aliphatic carbocycles. The van der Waals surface area contributed by atoms with Gasteiger partial charge in [0, 0.05) is 32.1 Å². The average molecular weight is 282 g/mol. The molecule has 0 saturated heterocycles. The number of nitro groups is 1. The Morgan fingerprint density at radius 1 is 1.40 bits per heavy atom. The fourth-order valence-electron chi connectivity index (χ4n) is 1.77. The molecule has 0 N–H and O–H groups in total. The number of hydrogen-bond acceptors (Lipinski definition) is 6. The number of benzene rings is 1. The van der Waals surface area contributed by atoms with Crippen LogP contribution in [0.5, 0.6) is 5.75 Å². The van der Waals surface area contributed by atoms with Crippen LogP contribution >= 0.6 is 0 Å². The highest BCUT2D eigenvalue weighted by atomic mass is 16.6. The van der Waals surface area contributed by atoms with Crippen molar-refractivity contribution in [2.24, 2.45) is 0 Å². The van der Waals surface area contributed by atoms with Gasteiger partial charge in [-0.1, -0.05) is 0 Å². The van der Waals surface area contributed by atoms with Gasteiger partial charge < -0.3 is 14.4 Å². The van der Waals surface area contributed by atoms with Crippen LogP contribution in [0.4, 0.5) is 11.4 Å². The van der Waals surface area contributed by atoms with Crippen LogP contribution in [0.15, 0.2) is 18.2 Å². The number of ether oxygens (including phenoxy) is 2. The highest BCUT2D eigenvalue weighted by Gasteiger charge is 2.18. The van der Waals surface area contributed by atoms with Crippen LogP contribution in [0, 0.1) is 10.1 Å². The molecule has 0 bridgehead atoms. The fourth-order valence-corrected chi connectivity index (χ4v) is 1.77. The number of rotatable bonds is 7. The lowest BCUT2D eigenvalue weighted by molar-refractivity contribution is -0.384. The van der Waals surface area contributed by atoms with Crippen molar-refractivity contribution in [3.8, 4) is 5.75 Å². The van der Waals surface area contributed by atoms with Gasteiger partial charge in [-0.25, -0.2) is 0 Å². The van der Waals surface area contributed by atoms with Gasteiger partial charge in [-0.15, -0.1) is 0 Å². The predicted molar refractivity (Wildman–Crippen MR) is 74.2 cm³/mol. The smallest absolute Gasteiger partial charge is 0.305 e. The van der Waals surface area contributed by atoms with Crippen molar-refractivity contribution >= 4 is 17.3 Å². The molecule has 20 heavy (non-hydrogen) atoms. The summed E-state index contributed by atoms with van der Waals surface area (Å²) in [5, 5.41) is 11.0. The van der Waals surface area contributed by atoms with E-state index in [-0.39, 0.29) is 18.1 Å². The second-order valence-corrected chi connectivity index (χ2v) is 4.21. The standard InChI is InChI=1S/C13H18N2O5/c1-14(8-4-5-13(16)20-3)12-9-10(19-2)6-7-11(12)15(17)18/h6-7,9H,4-5,8H2,1-3H3. The first-order valence-electron chi connectivity index (χ1n) is 6.10. The van der Waals surface area contributed by atoms with Gasteiger partial charge in [0.2, 0.25) is 0 Å². The van der Waals surface area contributed by atoms with Crippen molar-refractivity contribution in [1.82, 2.24) is 0 Å². The number of esters is 1. The minimum Gasteiger partial charge on any atom is -0.497 e. The number of hydrogen-bond donors (Lipinski definition) is 0. The van der Waals surface area contributed by atoms with Crippen molar-refractivity contribution < 1.29 is 19.2 Å². The van der Waals surface area contributed by atoms with E-state index in [1.807, 2.05) is 0 Å². The fraction of sp³-hybridized carbons (Fsp3) is 0.462. The molecule has 0 aliphatic heterocycles. The van der Waals surface area contributed by atoms with Crippen molar-refractivity contribution in [2.45, 2.75) is 12.8 Å². The summed E-state index contributed by atoms with van der Waals surface area (Å²) < 4.78 is 9.63. The normalized spacial score (nSPS) is 9.95. The number of carbonyl (C=O) groups is 1. The van der Waals surface area contributed by atoms with Gasteiger partial charge in [0.05, 0.1) is 19.1 Å². The molecule has 0 radical (unpaired) electrons. The average Bonchev–Trinajstić information content (AvgIpc) is 2.45. The van der Waals surface area contributed by atoms with Gasteiger partial charge in [-0.2, -0.15) is 0 Å². The van der Waals surface area contributed by atoms with Crippen molar-refractivity contribution in [3.05, 3.63) is 28.3 Å². The Morgan fingerprint density at radius 2 is 2.10 bits per heavy atom. The predicted octanol–water partition coefficient (Wildman–Crippen LogP) is 1.99. The van der Waals surface area contributed by atoms with E-state index in [1.54, 1.807) is 24.1 Å². The lowest BCUT2D eigenvalue weighted by Crippen LogP contribution is -2.20. The quantitative estimate of drug-likeness (QED) is 0.432. The van der Waals surface area contributed by atoms with Crippen LogP contribution < -0.4 is 9.64 Å². The minimum absolute atomic E-state index is 0.00590. The van der Waals surface area contributed by atoms with Gasteiger partial charge in [-0.05, 0) is 12.5 Å². The molecular weight excluding hydrogens is 264 g/mol. The molecule has 0 spiro atoms. The molecule has 1 rings (SSSR count). The van der Waals surface area contributed by atoms with E-state index in [9.17, 15) is 14.9 Å². The molecule has 1 aromatic carbocycles. The highest BCUT2D eigenvalue weighted by Crippen LogP contribution is 2.31. The van der Waals surface area contributed by atoms with Crippen LogP contribution in [-0.4, -0.2) is 38.7 Å². The largest absolute Gasteiger partial charge is 0.497 e. The van der Waals surface area contributed by atoms with Crippen molar-refractivity contribution in [1.29, 1.82) is 0 Å². The Morgan fingerprint density at radius 3 is 2.65 bits per heavy atom. The third-order valence-electron chi connectivity index (χ3n) is 2.89. The van der Waals surface area contributed by atoms with Gasteiger partial charge in [0.25, 0.3) is 5.69 Å². The number of anilines is 1. The maximum atomic E-state index is 11.0. The summed E-state index contributed by atoms with van der Waals surface area (Å²) >= 11 is 0. The van der Waals surface area contributed by atoms with Crippen molar-refractivity contribution in [3.63, 3.8) is 0 Å². The number of methoxy groups -OCH3 is 2. The lowest BCUT2D eigenvalue weighted by atomic mass is 10.2. The SMILES string of the molecule is COC(=O)CCCN(C)c1cc(OC)ccc1[N+](=O)[O-]. The first kappa shape index (κ1) is 15.7. The van der Waals surface area contributed by atoms with E-state index in [0.29, 0.717) is 24.4 Å². The Hall–Kier alpha value is -2.31. The second kappa shape index (κ2) is 7.32. The summed E-state index contributed by atoms with van der Waals surface area (Å²) in [6.45, 7) is 0.503. The van der Waals surface area contributed by atoms with E-state index in [0.717, 1.165) is 0 Å². The Kier molecular flexibility index (Phi) is 5.76. The summed E-state index contributed by atoms with van der Waals surface area (Å²) in [5.74, 6) is 0.254. The lowest BCUT2D eigenvalue weighted by Gasteiger charge is -2.19. The second-order valence-electron chi connectivity index (χ2n) is 4.21. The van der Waals surface area contributed by atoms with Gasteiger partial charge in [0.1, 0.15) is 11.4 Å². The Bertz CT molecular complexity index is 490. The molecule has 1 aromatic rings. The molecule has 0 aliphatic rings. The van der Waals surface area contributed by atoms with Crippen LogP contribution in [0.1, 0.15) is 12.8 Å². The van der Waals surface area contributed by atoms with Gasteiger partial charge >= 0.3 is 5.97 Å². The van der Waals surface area contributed by atoms with Crippen LogP contribution in [0.3, 0.4) is 0 Å². The molecule has 0 unspecified atom stereocenters. The summed E-state index contributed by atoms with van der Waals surface area (Å²) in [6, 6.07) is 4.56. The van der Waals surface area contributed by atoms with Crippen LogP contribution in [0.25, 0.3) is 0 Å². The summed E-state index contributed by atoms with van der Waals surface area (Å²) in [4.78, 5) is 23.3. The molecule has 0 fully saturated rings. The Labute approximate surface area is 117 Å². The number of nitro benzene ring substituents is 1. The minimum atomic E-state index is -0.439. The number of nitrogens with zero attached hydrogens (tertiary/aromatic N) is 2. The molecule has 7 nitrogen and oxygen atoms in total. The maximum absolute atomic E-state index is 11.0. The summed E-state index contributed by atoms with van der Waals surface area (Å²) in [5.41, 5.74) is 0.464. The topological polar surface area (TPSA) is 81.9 Å². The molecule has 0 saturated carbocycles. The number of carbonyl (C=O) groups excluding carboxylic acids is 1. The van der Waals surface area contributed by atoms with E-state index in [4.69, 9.17) is 4.74 Å². The van der Waals surface area contributed by atoms with Crippen LogP contribution in [0.2, 0.25) is 0 Å². The van der Waals surface area contributed by atoms with Crippen molar-refractivity contribution in [2.75, 3.05) is 32.7 Å². The summed E-state index contributed by atoms with van der Waals surface area (Å²) in [6.07, 6.45) is 0.830. The zero-order valence-corrected chi connectivity index (χ0v) is 11.8. The monoisotopic (exact) mass is 282 g/mol. The summed E-state index contributed by atoms with van der Waals surface area (Å²) in [7, 11) is 4.57. The highest BCUT2D eigenvalue weighted by molar-refractivity contribution is 5.69. The van der Waals surface area contributed by atoms with Gasteiger partial charge in [0.15, 0.2) is 0 Å². The zero-order chi connectivity index (χ0) is 15.1.